The van der Waals surface area contributed by atoms with Crippen molar-refractivity contribution in [2.75, 3.05) is 14.2 Å². The van der Waals surface area contributed by atoms with Crippen molar-refractivity contribution in [3.05, 3.63) is 12.3 Å². The number of cyclic esters (lactones) is 2. The van der Waals surface area contributed by atoms with Gasteiger partial charge in [-0.3, -0.25) is 9.59 Å². The van der Waals surface area contributed by atoms with E-state index in [-0.39, 0.29) is 30.3 Å². The average molecular weight is 454 g/mol. The van der Waals surface area contributed by atoms with Gasteiger partial charge in [-0.15, -0.1) is 0 Å². The van der Waals surface area contributed by atoms with Crippen molar-refractivity contribution < 1.29 is 28.6 Å². The highest BCUT2D eigenvalue weighted by atomic mass is 16.6. The predicted molar refractivity (Wildman–Crippen MR) is 124 cm³/mol. The van der Waals surface area contributed by atoms with Gasteiger partial charge in [0, 0.05) is 45.0 Å². The molecule has 0 bridgehead atoms. The number of ether oxygens (including phenoxy) is 3. The summed E-state index contributed by atoms with van der Waals surface area (Å²) in [4.78, 5) is 39.4. The van der Waals surface area contributed by atoms with E-state index in [1.54, 1.807) is 31.3 Å². The fraction of sp³-hybridized carbons (Fsp3) is 0.800. The fourth-order valence-corrected chi connectivity index (χ4v) is 3.77. The van der Waals surface area contributed by atoms with Gasteiger partial charge in [-0.1, -0.05) is 53.0 Å². The van der Waals surface area contributed by atoms with Gasteiger partial charge in [-0.2, -0.15) is 0 Å². The summed E-state index contributed by atoms with van der Waals surface area (Å²) in [6.45, 7) is 7.71. The molecule has 0 spiro atoms. The number of carbonyl (C=O) groups is 3. The van der Waals surface area contributed by atoms with Gasteiger partial charge in [0.1, 0.15) is 6.10 Å². The normalized spacial score (nSPS) is 26.2. The van der Waals surface area contributed by atoms with E-state index in [2.05, 4.69) is 6.92 Å². The van der Waals surface area contributed by atoms with Crippen LogP contribution in [0.1, 0.15) is 85.5 Å². The van der Waals surface area contributed by atoms with Gasteiger partial charge in [0.05, 0.1) is 6.10 Å². The predicted octanol–water partition coefficient (Wildman–Crippen LogP) is 4.63. The maximum atomic E-state index is 12.9. The number of hydrogen-bond acceptors (Lipinski definition) is 6. The molecule has 1 amide bonds. The van der Waals surface area contributed by atoms with Crippen molar-refractivity contribution in [1.29, 1.82) is 0 Å². The highest BCUT2D eigenvalue weighted by Crippen LogP contribution is 2.22. The second kappa shape index (κ2) is 15.0. The van der Waals surface area contributed by atoms with Crippen LogP contribution in [0.15, 0.2) is 12.3 Å². The number of allylic oxidation sites excluding steroid dienone is 1. The summed E-state index contributed by atoms with van der Waals surface area (Å²) in [7, 11) is 3.39. The molecule has 0 saturated heterocycles. The number of esters is 2. The summed E-state index contributed by atoms with van der Waals surface area (Å²) < 4.78 is 17.0. The van der Waals surface area contributed by atoms with Gasteiger partial charge < -0.3 is 19.1 Å². The van der Waals surface area contributed by atoms with E-state index >= 15 is 0 Å². The maximum Gasteiger partial charge on any atom is 0.347 e. The first-order valence-corrected chi connectivity index (χ1v) is 12.1. The van der Waals surface area contributed by atoms with Crippen molar-refractivity contribution in [2.24, 2.45) is 11.8 Å². The molecule has 1 heterocycles. The Hall–Kier alpha value is -1.89. The summed E-state index contributed by atoms with van der Waals surface area (Å²) in [6, 6.07) is 0. The van der Waals surface area contributed by atoms with Crippen LogP contribution in [0.2, 0.25) is 0 Å². The van der Waals surface area contributed by atoms with Crippen molar-refractivity contribution in [3.63, 3.8) is 0 Å². The molecule has 32 heavy (non-hydrogen) atoms. The van der Waals surface area contributed by atoms with E-state index in [1.165, 1.54) is 0 Å². The zero-order valence-electron chi connectivity index (χ0n) is 20.8. The van der Waals surface area contributed by atoms with Crippen LogP contribution in [0.3, 0.4) is 0 Å². The number of hydrogen-bond donors (Lipinski definition) is 0. The maximum absolute atomic E-state index is 12.9. The minimum absolute atomic E-state index is 0.00457. The van der Waals surface area contributed by atoms with Crippen LogP contribution >= 0.6 is 0 Å². The highest BCUT2D eigenvalue weighted by Gasteiger charge is 2.31. The van der Waals surface area contributed by atoms with Crippen molar-refractivity contribution >= 4 is 17.8 Å². The van der Waals surface area contributed by atoms with Crippen LogP contribution in [0.4, 0.5) is 0 Å². The highest BCUT2D eigenvalue weighted by molar-refractivity contribution is 5.80. The smallest absolute Gasteiger partial charge is 0.347 e. The molecule has 0 aromatic heterocycles. The number of rotatable bonds is 8. The lowest BCUT2D eigenvalue weighted by atomic mass is 9.96. The Bertz CT molecular complexity index is 618. The molecule has 1 rings (SSSR count). The number of nitrogens with zero attached hydrogens (tertiary/aromatic N) is 1. The van der Waals surface area contributed by atoms with Crippen LogP contribution in [0.5, 0.6) is 0 Å². The second-order valence-electron chi connectivity index (χ2n) is 9.15. The molecule has 7 nitrogen and oxygen atoms in total. The van der Waals surface area contributed by atoms with Crippen LogP contribution in [0, 0.1) is 11.8 Å². The Balaban J connectivity index is 3.04. The minimum Gasteiger partial charge on any atom is -0.460 e. The van der Waals surface area contributed by atoms with Crippen LogP contribution < -0.4 is 0 Å². The Kier molecular flexibility index (Phi) is 13.2. The fourth-order valence-electron chi connectivity index (χ4n) is 3.77. The molecular formula is C25H43NO6. The Labute approximate surface area is 193 Å². The van der Waals surface area contributed by atoms with E-state index < -0.39 is 24.1 Å². The molecule has 0 fully saturated rings. The number of unbranched alkanes of at least 4 members (excludes halogenated alkanes) is 2. The van der Waals surface area contributed by atoms with Gasteiger partial charge in [0.25, 0.3) is 0 Å². The first-order valence-electron chi connectivity index (χ1n) is 12.1. The van der Waals surface area contributed by atoms with Gasteiger partial charge in [-0.05, 0) is 25.7 Å². The standard InChI is InChI=1S/C25H43NO6/c1-7-8-9-12-20(30-6)17-21-15-14-19(4)24(28)26(5)16-11-10-13-22(27)32-23(18(2)3)25(29)31-21/h11,16,18-21,23H,7-10,12-15,17H2,1-6H3/b16-11+/t19-,20+,21+,23+/m1/s1. The van der Waals surface area contributed by atoms with E-state index in [0.717, 1.165) is 25.7 Å². The third-order valence-corrected chi connectivity index (χ3v) is 5.90. The first-order chi connectivity index (χ1) is 15.2. The number of methoxy groups -OCH3 is 1. The van der Waals surface area contributed by atoms with E-state index in [0.29, 0.717) is 25.7 Å². The third-order valence-electron chi connectivity index (χ3n) is 5.90. The van der Waals surface area contributed by atoms with Gasteiger partial charge >= 0.3 is 11.9 Å². The minimum atomic E-state index is -0.943. The molecule has 0 aromatic carbocycles. The largest absolute Gasteiger partial charge is 0.460 e. The summed E-state index contributed by atoms with van der Waals surface area (Å²) in [5, 5.41) is 0. The monoisotopic (exact) mass is 453 g/mol. The Morgan fingerprint density at radius 3 is 2.50 bits per heavy atom. The lowest BCUT2D eigenvalue weighted by Gasteiger charge is -2.27. The zero-order chi connectivity index (χ0) is 24.1. The quantitative estimate of drug-likeness (QED) is 0.394. The first kappa shape index (κ1) is 28.1. The molecule has 7 heteroatoms. The van der Waals surface area contributed by atoms with Crippen molar-refractivity contribution in [2.45, 2.75) is 104 Å². The van der Waals surface area contributed by atoms with E-state index in [9.17, 15) is 14.4 Å². The topological polar surface area (TPSA) is 82.1 Å². The van der Waals surface area contributed by atoms with Gasteiger partial charge in [-0.25, -0.2) is 4.79 Å². The SMILES string of the molecule is CCCCC[C@@H](C[C@@H]1CC[C@@H](C)C(=O)N(C)/C=C/CCC(=O)O[C@@H](C(C)C)C(=O)O1)OC. The second-order valence-corrected chi connectivity index (χ2v) is 9.15. The molecule has 1 aliphatic heterocycles. The molecule has 0 saturated carbocycles. The number of carbonyl (C=O) groups excluding carboxylic acids is 3. The lowest BCUT2D eigenvalue weighted by molar-refractivity contribution is -0.176. The van der Waals surface area contributed by atoms with E-state index in [4.69, 9.17) is 14.2 Å². The van der Waals surface area contributed by atoms with Crippen molar-refractivity contribution in [1.82, 2.24) is 4.90 Å². The van der Waals surface area contributed by atoms with E-state index in [1.807, 2.05) is 20.8 Å². The summed E-state index contributed by atoms with van der Waals surface area (Å²) in [6.07, 6.45) is 8.54. The van der Waals surface area contributed by atoms with Crippen LogP contribution in [0.25, 0.3) is 0 Å². The molecule has 0 N–H and O–H groups in total. The van der Waals surface area contributed by atoms with Crippen molar-refractivity contribution in [3.8, 4) is 0 Å². The Morgan fingerprint density at radius 2 is 1.88 bits per heavy atom. The molecule has 0 aromatic rings. The van der Waals surface area contributed by atoms with Gasteiger partial charge in [0.15, 0.2) is 0 Å². The van der Waals surface area contributed by atoms with Gasteiger partial charge in [0.2, 0.25) is 12.0 Å². The molecule has 0 aliphatic carbocycles. The lowest BCUT2D eigenvalue weighted by Crippen LogP contribution is -2.37. The summed E-state index contributed by atoms with van der Waals surface area (Å²) in [5.74, 6) is -1.39. The molecule has 184 valence electrons. The third kappa shape index (κ3) is 10.2. The number of amides is 1. The average Bonchev–Trinajstić information content (AvgIpc) is 2.76. The van der Waals surface area contributed by atoms with Crippen LogP contribution in [-0.2, 0) is 28.6 Å². The molecule has 0 radical (unpaired) electrons. The molecule has 4 atom stereocenters. The summed E-state index contributed by atoms with van der Waals surface area (Å²) >= 11 is 0. The Morgan fingerprint density at radius 1 is 1.16 bits per heavy atom. The molecule has 1 aliphatic rings. The van der Waals surface area contributed by atoms with Crippen LogP contribution in [-0.4, -0.2) is 55.2 Å². The summed E-state index contributed by atoms with van der Waals surface area (Å²) in [5.41, 5.74) is 0. The molecule has 0 unspecified atom stereocenters. The zero-order valence-corrected chi connectivity index (χ0v) is 20.8. The molecular weight excluding hydrogens is 410 g/mol.